The zero-order chi connectivity index (χ0) is 13.0. The van der Waals surface area contributed by atoms with Crippen LogP contribution in [0.5, 0.6) is 0 Å². The van der Waals surface area contributed by atoms with Crippen molar-refractivity contribution in [3.8, 4) is 0 Å². The second-order valence-electron chi connectivity index (χ2n) is 5.04. The van der Waals surface area contributed by atoms with Gasteiger partial charge in [-0.15, -0.1) is 0 Å². The van der Waals surface area contributed by atoms with E-state index in [0.717, 1.165) is 11.1 Å². The molecule has 0 amide bonds. The summed E-state index contributed by atoms with van der Waals surface area (Å²) in [5.74, 6) is 0.509. The maximum Gasteiger partial charge on any atom is 0.199 e. The highest BCUT2D eigenvalue weighted by molar-refractivity contribution is 5.14. The van der Waals surface area contributed by atoms with Gasteiger partial charge in [0, 0.05) is 0 Å². The number of hydroxylamine groups is 1. The monoisotopic (exact) mass is 247 g/mol. The average Bonchev–Trinajstić information content (AvgIpc) is 2.38. The number of benzene rings is 1. The maximum atomic E-state index is 5.76. The van der Waals surface area contributed by atoms with Gasteiger partial charge in [-0.25, -0.2) is 0 Å². The van der Waals surface area contributed by atoms with E-state index in [2.05, 4.69) is 25.4 Å². The number of ether oxygens (including phenoxy) is 1. The molecule has 0 aliphatic carbocycles. The molecule has 2 atom stereocenters. The first-order valence-electron chi connectivity index (χ1n) is 6.42. The van der Waals surface area contributed by atoms with Crippen LogP contribution in [0.1, 0.15) is 26.3 Å². The largest absolute Gasteiger partial charge is 0.342 e. The van der Waals surface area contributed by atoms with Crippen molar-refractivity contribution in [1.82, 2.24) is 5.48 Å². The van der Waals surface area contributed by atoms with E-state index >= 15 is 0 Å². The highest BCUT2D eigenvalue weighted by atomic mass is 16.8. The first kappa shape index (κ1) is 13.3. The van der Waals surface area contributed by atoms with Gasteiger partial charge < -0.3 is 4.74 Å². The Morgan fingerprint density at radius 2 is 2.00 bits per heavy atom. The smallest absolute Gasteiger partial charge is 0.199 e. The van der Waals surface area contributed by atoms with Crippen LogP contribution in [0.2, 0.25) is 0 Å². The molecular formula is C15H21NO2. The second kappa shape index (κ2) is 6.14. The first-order valence-corrected chi connectivity index (χ1v) is 6.42. The minimum absolute atomic E-state index is 0.265. The van der Waals surface area contributed by atoms with Crippen molar-refractivity contribution in [2.75, 3.05) is 0 Å². The van der Waals surface area contributed by atoms with Crippen molar-refractivity contribution in [3.05, 3.63) is 47.5 Å². The quantitative estimate of drug-likeness (QED) is 0.830. The maximum absolute atomic E-state index is 5.76. The van der Waals surface area contributed by atoms with Crippen molar-refractivity contribution in [1.29, 1.82) is 0 Å². The molecule has 0 bridgehead atoms. The van der Waals surface area contributed by atoms with Crippen molar-refractivity contribution in [3.63, 3.8) is 0 Å². The van der Waals surface area contributed by atoms with E-state index in [9.17, 15) is 0 Å². The molecule has 0 saturated heterocycles. The Morgan fingerprint density at radius 1 is 1.28 bits per heavy atom. The lowest BCUT2D eigenvalue weighted by atomic mass is 10.0. The van der Waals surface area contributed by atoms with E-state index in [1.54, 1.807) is 0 Å². The van der Waals surface area contributed by atoms with Gasteiger partial charge in [-0.1, -0.05) is 50.3 Å². The molecule has 0 fully saturated rings. The predicted octanol–water partition coefficient (Wildman–Crippen LogP) is 3.04. The number of rotatable bonds is 4. The Hall–Kier alpha value is -1.16. The minimum Gasteiger partial charge on any atom is -0.342 e. The van der Waals surface area contributed by atoms with Crippen LogP contribution in [0.25, 0.3) is 0 Å². The van der Waals surface area contributed by atoms with Crippen LogP contribution in [0.3, 0.4) is 0 Å². The van der Waals surface area contributed by atoms with E-state index in [0.29, 0.717) is 12.5 Å². The first-order chi connectivity index (χ1) is 8.66. The van der Waals surface area contributed by atoms with Crippen LogP contribution in [-0.4, -0.2) is 12.3 Å². The fourth-order valence-corrected chi connectivity index (χ4v) is 1.87. The third kappa shape index (κ3) is 3.42. The molecule has 0 saturated carbocycles. The van der Waals surface area contributed by atoms with E-state index in [-0.39, 0.29) is 12.3 Å². The molecule has 1 aromatic rings. The van der Waals surface area contributed by atoms with E-state index in [4.69, 9.17) is 9.57 Å². The zero-order valence-electron chi connectivity index (χ0n) is 11.2. The number of hydrogen-bond acceptors (Lipinski definition) is 3. The summed E-state index contributed by atoms with van der Waals surface area (Å²) in [6.45, 7) is 6.93. The molecule has 0 spiro atoms. The van der Waals surface area contributed by atoms with Gasteiger partial charge in [0.15, 0.2) is 6.29 Å². The molecule has 3 heteroatoms. The average molecular weight is 247 g/mol. The van der Waals surface area contributed by atoms with Gasteiger partial charge in [0.25, 0.3) is 0 Å². The molecule has 1 aliphatic rings. The summed E-state index contributed by atoms with van der Waals surface area (Å²) < 4.78 is 5.76. The van der Waals surface area contributed by atoms with E-state index in [1.807, 2.05) is 37.3 Å². The molecule has 0 unspecified atom stereocenters. The molecule has 1 N–H and O–H groups in total. The van der Waals surface area contributed by atoms with Gasteiger partial charge in [0.05, 0.1) is 12.6 Å². The summed E-state index contributed by atoms with van der Waals surface area (Å²) in [6, 6.07) is 10.4. The third-order valence-electron chi connectivity index (χ3n) is 3.09. The Balaban J connectivity index is 1.90. The van der Waals surface area contributed by atoms with Gasteiger partial charge in [0.1, 0.15) is 0 Å². The van der Waals surface area contributed by atoms with Crippen LogP contribution in [0, 0.1) is 5.92 Å². The molecule has 3 nitrogen and oxygen atoms in total. The zero-order valence-corrected chi connectivity index (χ0v) is 11.2. The van der Waals surface area contributed by atoms with Crippen molar-refractivity contribution < 1.29 is 9.57 Å². The molecule has 0 aromatic heterocycles. The molecule has 18 heavy (non-hydrogen) atoms. The Labute approximate surface area is 109 Å². The SMILES string of the molecule is CC1=C[C@@H](C(C)C)NO[C@@H]1OCc1ccccc1. The molecule has 2 rings (SSSR count). The summed E-state index contributed by atoms with van der Waals surface area (Å²) in [5.41, 5.74) is 5.31. The summed E-state index contributed by atoms with van der Waals surface area (Å²) in [4.78, 5) is 5.55. The fourth-order valence-electron chi connectivity index (χ4n) is 1.87. The lowest BCUT2D eigenvalue weighted by Gasteiger charge is -2.30. The standard InChI is InChI=1S/C15H21NO2/c1-11(2)14-9-12(3)15(18-16-14)17-10-13-7-5-4-6-8-13/h4-9,11,14-16H,10H2,1-3H3/t14-,15-/m0/s1. The van der Waals surface area contributed by atoms with Crippen molar-refractivity contribution >= 4 is 0 Å². The van der Waals surface area contributed by atoms with Crippen LogP contribution in [-0.2, 0) is 16.2 Å². The molecule has 0 radical (unpaired) electrons. The molecular weight excluding hydrogens is 226 g/mol. The normalized spacial score (nSPS) is 24.1. The molecule has 1 heterocycles. The topological polar surface area (TPSA) is 30.5 Å². The lowest BCUT2D eigenvalue weighted by molar-refractivity contribution is -0.179. The number of nitrogens with one attached hydrogen (secondary N) is 1. The molecule has 1 aromatic carbocycles. The highest BCUT2D eigenvalue weighted by Gasteiger charge is 2.23. The Bertz CT molecular complexity index is 400. The van der Waals surface area contributed by atoms with Crippen LogP contribution in [0.4, 0.5) is 0 Å². The van der Waals surface area contributed by atoms with Gasteiger partial charge >= 0.3 is 0 Å². The van der Waals surface area contributed by atoms with Gasteiger partial charge in [-0.3, -0.25) is 4.84 Å². The molecule has 1 aliphatic heterocycles. The molecule has 98 valence electrons. The van der Waals surface area contributed by atoms with Crippen LogP contribution < -0.4 is 5.48 Å². The van der Waals surface area contributed by atoms with E-state index < -0.39 is 0 Å². The van der Waals surface area contributed by atoms with Crippen LogP contribution in [0.15, 0.2) is 42.0 Å². The van der Waals surface area contributed by atoms with Crippen molar-refractivity contribution in [2.45, 2.75) is 39.7 Å². The summed E-state index contributed by atoms with van der Waals surface area (Å²) in [5, 5.41) is 0. The van der Waals surface area contributed by atoms with Gasteiger partial charge in [-0.05, 0) is 24.0 Å². The van der Waals surface area contributed by atoms with Crippen molar-refractivity contribution in [2.24, 2.45) is 5.92 Å². The number of hydrogen-bond donors (Lipinski definition) is 1. The fraction of sp³-hybridized carbons (Fsp3) is 0.467. The van der Waals surface area contributed by atoms with Crippen LogP contribution >= 0.6 is 0 Å². The second-order valence-corrected chi connectivity index (χ2v) is 5.04. The third-order valence-corrected chi connectivity index (χ3v) is 3.09. The van der Waals surface area contributed by atoms with E-state index in [1.165, 1.54) is 0 Å². The predicted molar refractivity (Wildman–Crippen MR) is 71.6 cm³/mol. The summed E-state index contributed by atoms with van der Waals surface area (Å²) in [7, 11) is 0. The summed E-state index contributed by atoms with van der Waals surface area (Å²) >= 11 is 0. The minimum atomic E-state index is -0.291. The Morgan fingerprint density at radius 3 is 2.61 bits per heavy atom. The van der Waals surface area contributed by atoms with Gasteiger partial charge in [-0.2, -0.15) is 5.48 Å². The lowest BCUT2D eigenvalue weighted by Crippen LogP contribution is -2.41. The summed E-state index contributed by atoms with van der Waals surface area (Å²) in [6.07, 6.45) is 1.89. The highest BCUT2D eigenvalue weighted by Crippen LogP contribution is 2.18. The Kier molecular flexibility index (Phi) is 4.53. The van der Waals surface area contributed by atoms with Gasteiger partial charge in [0.2, 0.25) is 0 Å².